The van der Waals surface area contributed by atoms with E-state index in [9.17, 15) is 14.4 Å². The molecule has 0 aliphatic heterocycles. The van der Waals surface area contributed by atoms with Gasteiger partial charge in [0.05, 0.1) is 0 Å². The Morgan fingerprint density at radius 3 is 2.64 bits per heavy atom. The summed E-state index contributed by atoms with van der Waals surface area (Å²) in [6.07, 6.45) is 1.09. The first kappa shape index (κ1) is 14.3. The van der Waals surface area contributed by atoms with Gasteiger partial charge in [0.15, 0.2) is 5.78 Å². The fourth-order valence-electron chi connectivity index (χ4n) is 2.71. The predicted molar refractivity (Wildman–Crippen MR) is 83.3 cm³/mol. The number of hydrogen-bond donors (Lipinski definition) is 2. The van der Waals surface area contributed by atoms with E-state index in [2.05, 4.69) is 10.3 Å². The van der Waals surface area contributed by atoms with Crippen molar-refractivity contribution < 1.29 is 9.59 Å². The van der Waals surface area contributed by atoms with Gasteiger partial charge in [0, 0.05) is 23.4 Å². The second kappa shape index (κ2) is 5.60. The second-order valence-corrected chi connectivity index (χ2v) is 5.66. The van der Waals surface area contributed by atoms with Gasteiger partial charge in [-0.2, -0.15) is 0 Å². The van der Waals surface area contributed by atoms with Crippen LogP contribution in [0.4, 0.5) is 5.69 Å². The van der Waals surface area contributed by atoms with E-state index in [0.717, 1.165) is 0 Å². The van der Waals surface area contributed by atoms with Gasteiger partial charge in [-0.3, -0.25) is 14.4 Å². The first-order chi connectivity index (χ1) is 10.5. The maximum Gasteiger partial charge on any atom is 0.261 e. The molecule has 1 aliphatic carbocycles. The third-order valence-electron chi connectivity index (χ3n) is 3.79. The molecule has 0 fully saturated rings. The highest BCUT2D eigenvalue weighted by atomic mass is 16.2. The molecule has 5 nitrogen and oxygen atoms in total. The summed E-state index contributed by atoms with van der Waals surface area (Å²) in [5.41, 5.74) is 1.19. The summed E-state index contributed by atoms with van der Waals surface area (Å²) >= 11 is 0. The monoisotopic (exact) mass is 296 g/mol. The SMILES string of the molecule is C[C@H]1CC(=O)c2cc(C(=O)Nc3ccccc3)c(=O)[nH]c2C1. The fraction of sp³-hybridized carbons (Fsp3) is 0.235. The molecular formula is C17H16N2O3. The molecule has 1 heterocycles. The van der Waals surface area contributed by atoms with Crippen LogP contribution in [0, 0.1) is 5.92 Å². The highest BCUT2D eigenvalue weighted by Gasteiger charge is 2.25. The fourth-order valence-corrected chi connectivity index (χ4v) is 2.71. The summed E-state index contributed by atoms with van der Waals surface area (Å²) in [6, 6.07) is 10.3. The van der Waals surface area contributed by atoms with Crippen LogP contribution < -0.4 is 10.9 Å². The molecule has 2 aromatic rings. The molecule has 1 aromatic carbocycles. The largest absolute Gasteiger partial charge is 0.325 e. The maximum absolute atomic E-state index is 12.2. The molecule has 1 aromatic heterocycles. The smallest absolute Gasteiger partial charge is 0.261 e. The summed E-state index contributed by atoms with van der Waals surface area (Å²) < 4.78 is 0. The van der Waals surface area contributed by atoms with Crippen molar-refractivity contribution in [2.75, 3.05) is 5.32 Å². The molecule has 0 spiro atoms. The van der Waals surface area contributed by atoms with Gasteiger partial charge < -0.3 is 10.3 Å². The quantitative estimate of drug-likeness (QED) is 0.893. The molecule has 0 bridgehead atoms. The first-order valence-corrected chi connectivity index (χ1v) is 7.20. The van der Waals surface area contributed by atoms with Crippen molar-refractivity contribution in [3.05, 3.63) is 63.6 Å². The number of carbonyl (C=O) groups is 2. The number of benzene rings is 1. The van der Waals surface area contributed by atoms with Crippen molar-refractivity contribution in [2.24, 2.45) is 5.92 Å². The van der Waals surface area contributed by atoms with E-state index in [1.807, 2.05) is 13.0 Å². The van der Waals surface area contributed by atoms with Crippen molar-refractivity contribution in [2.45, 2.75) is 19.8 Å². The van der Waals surface area contributed by atoms with Crippen LogP contribution in [-0.4, -0.2) is 16.7 Å². The standard InChI is InChI=1S/C17H16N2O3/c1-10-7-14-12(15(20)8-10)9-13(17(22)19-14)16(21)18-11-5-3-2-4-6-11/h2-6,9-10H,7-8H2,1H3,(H,18,21)(H,19,22)/t10-/m1/s1. The van der Waals surface area contributed by atoms with E-state index in [0.29, 0.717) is 29.8 Å². The normalized spacial score (nSPS) is 17.0. The number of carbonyl (C=O) groups excluding carboxylic acids is 2. The lowest BCUT2D eigenvalue weighted by atomic mass is 9.86. The molecule has 5 heteroatoms. The second-order valence-electron chi connectivity index (χ2n) is 5.66. The van der Waals surface area contributed by atoms with Gasteiger partial charge in [-0.15, -0.1) is 0 Å². The average molecular weight is 296 g/mol. The van der Waals surface area contributed by atoms with Crippen LogP contribution in [0.3, 0.4) is 0 Å². The Morgan fingerprint density at radius 1 is 1.18 bits per heavy atom. The number of Topliss-reactive ketones (excluding diaryl/α,β-unsaturated/α-hetero) is 1. The van der Waals surface area contributed by atoms with Crippen LogP contribution in [-0.2, 0) is 6.42 Å². The van der Waals surface area contributed by atoms with Gasteiger partial charge >= 0.3 is 0 Å². The number of pyridine rings is 1. The molecule has 0 saturated heterocycles. The number of para-hydroxylation sites is 1. The molecule has 112 valence electrons. The minimum Gasteiger partial charge on any atom is -0.325 e. The van der Waals surface area contributed by atoms with Crippen LogP contribution >= 0.6 is 0 Å². The van der Waals surface area contributed by atoms with E-state index in [1.54, 1.807) is 24.3 Å². The van der Waals surface area contributed by atoms with E-state index < -0.39 is 11.5 Å². The van der Waals surface area contributed by atoms with E-state index in [4.69, 9.17) is 0 Å². The Hall–Kier alpha value is -2.69. The van der Waals surface area contributed by atoms with Crippen LogP contribution in [0.1, 0.15) is 39.8 Å². The number of nitrogens with one attached hydrogen (secondary N) is 2. The number of rotatable bonds is 2. The van der Waals surface area contributed by atoms with Crippen LogP contribution in [0.2, 0.25) is 0 Å². The minimum atomic E-state index is -0.512. The summed E-state index contributed by atoms with van der Waals surface area (Å²) in [4.78, 5) is 39.1. The van der Waals surface area contributed by atoms with Gasteiger partial charge in [-0.25, -0.2) is 0 Å². The molecule has 3 rings (SSSR count). The lowest BCUT2D eigenvalue weighted by Gasteiger charge is -2.20. The number of anilines is 1. The number of H-pyrrole nitrogens is 1. The molecule has 0 saturated carbocycles. The highest BCUT2D eigenvalue weighted by molar-refractivity contribution is 6.06. The predicted octanol–water partition coefficient (Wildman–Crippen LogP) is 2.39. The lowest BCUT2D eigenvalue weighted by molar-refractivity contribution is 0.0952. The number of aromatic amines is 1. The van der Waals surface area contributed by atoms with Crippen LogP contribution in [0.25, 0.3) is 0 Å². The highest BCUT2D eigenvalue weighted by Crippen LogP contribution is 2.23. The Balaban J connectivity index is 1.95. The Morgan fingerprint density at radius 2 is 1.91 bits per heavy atom. The van der Waals surface area contributed by atoms with Crippen LogP contribution in [0.15, 0.2) is 41.2 Å². The summed E-state index contributed by atoms with van der Waals surface area (Å²) in [6.45, 7) is 1.97. The molecule has 0 unspecified atom stereocenters. The van der Waals surface area contributed by atoms with E-state index in [-0.39, 0.29) is 17.3 Å². The zero-order valence-corrected chi connectivity index (χ0v) is 12.2. The number of hydrogen-bond acceptors (Lipinski definition) is 3. The Bertz CT molecular complexity index is 793. The zero-order chi connectivity index (χ0) is 15.7. The van der Waals surface area contributed by atoms with Crippen LogP contribution in [0.5, 0.6) is 0 Å². The topological polar surface area (TPSA) is 79.0 Å². The number of fused-ring (bicyclic) bond motifs is 1. The van der Waals surface area contributed by atoms with Gasteiger partial charge in [-0.1, -0.05) is 25.1 Å². The third kappa shape index (κ3) is 2.70. The number of amides is 1. The van der Waals surface area contributed by atoms with E-state index in [1.165, 1.54) is 6.07 Å². The number of aromatic nitrogens is 1. The lowest BCUT2D eigenvalue weighted by Crippen LogP contribution is -2.29. The van der Waals surface area contributed by atoms with Gasteiger partial charge in [0.25, 0.3) is 11.5 Å². The molecule has 1 aliphatic rings. The average Bonchev–Trinajstić information content (AvgIpc) is 2.47. The molecule has 1 atom stereocenters. The molecule has 1 amide bonds. The first-order valence-electron chi connectivity index (χ1n) is 7.20. The van der Waals surface area contributed by atoms with E-state index >= 15 is 0 Å². The zero-order valence-electron chi connectivity index (χ0n) is 12.2. The summed E-state index contributed by atoms with van der Waals surface area (Å²) in [5, 5.41) is 2.66. The minimum absolute atomic E-state index is 0.0289. The van der Waals surface area contributed by atoms with Gasteiger partial charge in [0.1, 0.15) is 5.56 Å². The Kier molecular flexibility index (Phi) is 3.63. The number of ketones is 1. The van der Waals surface area contributed by atoms with Crippen molar-refractivity contribution in [3.63, 3.8) is 0 Å². The molecule has 22 heavy (non-hydrogen) atoms. The van der Waals surface area contributed by atoms with Gasteiger partial charge in [0.2, 0.25) is 0 Å². The van der Waals surface area contributed by atoms with Crippen molar-refractivity contribution in [1.82, 2.24) is 4.98 Å². The van der Waals surface area contributed by atoms with Gasteiger partial charge in [-0.05, 0) is 30.5 Å². The van der Waals surface area contributed by atoms with Crippen molar-refractivity contribution in [1.29, 1.82) is 0 Å². The molecular weight excluding hydrogens is 280 g/mol. The molecule has 0 radical (unpaired) electrons. The summed E-state index contributed by atoms with van der Waals surface area (Å²) in [7, 11) is 0. The Labute approximate surface area is 127 Å². The molecule has 2 N–H and O–H groups in total. The maximum atomic E-state index is 12.2. The van der Waals surface area contributed by atoms with Crippen molar-refractivity contribution in [3.8, 4) is 0 Å². The van der Waals surface area contributed by atoms with Crippen molar-refractivity contribution >= 4 is 17.4 Å². The third-order valence-corrected chi connectivity index (χ3v) is 3.79. The summed E-state index contributed by atoms with van der Waals surface area (Å²) in [5.74, 6) is -0.333.